The van der Waals surface area contributed by atoms with Crippen LogP contribution in [0.2, 0.25) is 0 Å². The van der Waals surface area contributed by atoms with Crippen LogP contribution in [0, 0.1) is 10.1 Å². The standard InChI is InChI=1S/C12H15BrN2O3/c13-12-9(3-1-5-11(12)15(17)18)7-14-6-2-4-10(14)8-16/h1,3,5,10,16H,2,4,6-8H2/t10-/m0/s1. The quantitative estimate of drug-likeness (QED) is 0.684. The highest BCUT2D eigenvalue weighted by atomic mass is 79.9. The van der Waals surface area contributed by atoms with Gasteiger partial charge in [0.1, 0.15) is 0 Å². The Hall–Kier alpha value is -0.980. The minimum absolute atomic E-state index is 0.0900. The Balaban J connectivity index is 2.19. The predicted octanol–water partition coefficient (Wildman–Crippen LogP) is 2.31. The summed E-state index contributed by atoms with van der Waals surface area (Å²) in [5, 5.41) is 20.1. The zero-order valence-electron chi connectivity index (χ0n) is 9.88. The van der Waals surface area contributed by atoms with Crippen LogP contribution in [0.25, 0.3) is 0 Å². The van der Waals surface area contributed by atoms with Crippen LogP contribution >= 0.6 is 15.9 Å². The van der Waals surface area contributed by atoms with Crippen LogP contribution in [-0.2, 0) is 6.54 Å². The fraction of sp³-hybridized carbons (Fsp3) is 0.500. The number of likely N-dealkylation sites (tertiary alicyclic amines) is 1. The summed E-state index contributed by atoms with van der Waals surface area (Å²) in [4.78, 5) is 12.6. The Morgan fingerprint density at radius 2 is 2.33 bits per heavy atom. The van der Waals surface area contributed by atoms with E-state index in [-0.39, 0.29) is 23.3 Å². The van der Waals surface area contributed by atoms with E-state index < -0.39 is 0 Å². The molecule has 1 aromatic carbocycles. The zero-order chi connectivity index (χ0) is 13.1. The van der Waals surface area contributed by atoms with E-state index in [1.54, 1.807) is 6.07 Å². The van der Waals surface area contributed by atoms with Gasteiger partial charge in [-0.2, -0.15) is 0 Å². The molecule has 2 rings (SSSR count). The normalized spacial score (nSPS) is 20.2. The van der Waals surface area contributed by atoms with Gasteiger partial charge in [0.05, 0.1) is 16.0 Å². The topological polar surface area (TPSA) is 66.6 Å². The molecule has 0 radical (unpaired) electrons. The number of benzene rings is 1. The van der Waals surface area contributed by atoms with E-state index in [1.165, 1.54) is 6.07 Å². The largest absolute Gasteiger partial charge is 0.395 e. The Morgan fingerprint density at radius 3 is 3.00 bits per heavy atom. The molecule has 18 heavy (non-hydrogen) atoms. The maximum absolute atomic E-state index is 10.9. The first-order valence-electron chi connectivity index (χ1n) is 5.90. The number of hydrogen-bond acceptors (Lipinski definition) is 4. The van der Waals surface area contributed by atoms with Crippen molar-refractivity contribution in [3.8, 4) is 0 Å². The van der Waals surface area contributed by atoms with Crippen molar-refractivity contribution in [2.24, 2.45) is 0 Å². The van der Waals surface area contributed by atoms with Gasteiger partial charge in [-0.15, -0.1) is 0 Å². The van der Waals surface area contributed by atoms with Crippen molar-refractivity contribution >= 4 is 21.6 Å². The average Bonchev–Trinajstić information content (AvgIpc) is 2.78. The second-order valence-electron chi connectivity index (χ2n) is 4.46. The fourth-order valence-corrected chi connectivity index (χ4v) is 2.89. The highest BCUT2D eigenvalue weighted by Crippen LogP contribution is 2.30. The van der Waals surface area contributed by atoms with E-state index in [2.05, 4.69) is 20.8 Å². The van der Waals surface area contributed by atoms with Crippen LogP contribution in [0.3, 0.4) is 0 Å². The van der Waals surface area contributed by atoms with Crippen molar-refractivity contribution < 1.29 is 10.0 Å². The second kappa shape index (κ2) is 5.77. The Bertz CT molecular complexity index is 453. The van der Waals surface area contributed by atoms with Crippen LogP contribution in [0.4, 0.5) is 5.69 Å². The van der Waals surface area contributed by atoms with E-state index >= 15 is 0 Å². The van der Waals surface area contributed by atoms with E-state index in [9.17, 15) is 15.2 Å². The van der Waals surface area contributed by atoms with Crippen molar-refractivity contribution in [2.45, 2.75) is 25.4 Å². The predicted molar refractivity (Wildman–Crippen MR) is 71.3 cm³/mol. The molecule has 1 heterocycles. The van der Waals surface area contributed by atoms with Crippen molar-refractivity contribution in [2.75, 3.05) is 13.2 Å². The van der Waals surface area contributed by atoms with Gasteiger partial charge >= 0.3 is 0 Å². The lowest BCUT2D eigenvalue weighted by Gasteiger charge is -2.23. The minimum Gasteiger partial charge on any atom is -0.395 e. The molecule has 0 aliphatic carbocycles. The number of nitro groups is 1. The van der Waals surface area contributed by atoms with Gasteiger partial charge in [0.15, 0.2) is 0 Å². The average molecular weight is 315 g/mol. The SMILES string of the molecule is O=[N+]([O-])c1cccc(CN2CCC[C@H]2CO)c1Br. The van der Waals surface area contributed by atoms with Crippen molar-refractivity contribution in [3.63, 3.8) is 0 Å². The number of nitro benzene ring substituents is 1. The van der Waals surface area contributed by atoms with Gasteiger partial charge in [0.2, 0.25) is 0 Å². The van der Waals surface area contributed by atoms with Gasteiger partial charge in [-0.25, -0.2) is 0 Å². The lowest BCUT2D eigenvalue weighted by Crippen LogP contribution is -2.31. The summed E-state index contributed by atoms with van der Waals surface area (Å²) in [5.74, 6) is 0. The number of hydrogen-bond donors (Lipinski definition) is 1. The lowest BCUT2D eigenvalue weighted by molar-refractivity contribution is -0.385. The van der Waals surface area contributed by atoms with Crippen LogP contribution in [0.1, 0.15) is 18.4 Å². The van der Waals surface area contributed by atoms with E-state index in [4.69, 9.17) is 0 Å². The highest BCUT2D eigenvalue weighted by molar-refractivity contribution is 9.10. The highest BCUT2D eigenvalue weighted by Gasteiger charge is 2.25. The van der Waals surface area contributed by atoms with Gasteiger partial charge in [-0.05, 0) is 40.9 Å². The molecule has 98 valence electrons. The first-order valence-corrected chi connectivity index (χ1v) is 6.69. The van der Waals surface area contributed by atoms with Gasteiger partial charge in [-0.3, -0.25) is 15.0 Å². The van der Waals surface area contributed by atoms with Crippen molar-refractivity contribution in [1.29, 1.82) is 0 Å². The Labute approximate surface area is 114 Å². The first-order chi connectivity index (χ1) is 8.63. The fourth-order valence-electron chi connectivity index (χ4n) is 2.36. The summed E-state index contributed by atoms with van der Waals surface area (Å²) in [5.41, 5.74) is 0.983. The molecule has 0 amide bonds. The third kappa shape index (κ3) is 2.71. The van der Waals surface area contributed by atoms with Gasteiger partial charge in [0, 0.05) is 18.7 Å². The Morgan fingerprint density at radius 1 is 1.56 bits per heavy atom. The molecule has 6 heteroatoms. The molecule has 0 saturated carbocycles. The summed E-state index contributed by atoms with van der Waals surface area (Å²) >= 11 is 3.30. The number of nitrogens with zero attached hydrogens (tertiary/aromatic N) is 2. The lowest BCUT2D eigenvalue weighted by atomic mass is 10.1. The first kappa shape index (κ1) is 13.5. The molecule has 0 unspecified atom stereocenters. The van der Waals surface area contributed by atoms with E-state index in [0.717, 1.165) is 24.9 Å². The summed E-state index contributed by atoms with van der Waals surface area (Å²) in [7, 11) is 0. The molecule has 0 bridgehead atoms. The molecular formula is C12H15BrN2O3. The zero-order valence-corrected chi connectivity index (χ0v) is 11.5. The summed E-state index contributed by atoms with van der Waals surface area (Å²) in [6.07, 6.45) is 2.06. The molecule has 1 N–H and O–H groups in total. The molecule has 1 aliphatic heterocycles. The molecule has 1 atom stereocenters. The van der Waals surface area contributed by atoms with Crippen LogP contribution in [0.15, 0.2) is 22.7 Å². The summed E-state index contributed by atoms with van der Waals surface area (Å²) in [6.45, 7) is 1.71. The molecule has 1 aliphatic rings. The number of aliphatic hydroxyl groups excluding tert-OH is 1. The molecular weight excluding hydrogens is 300 g/mol. The minimum atomic E-state index is -0.388. The monoisotopic (exact) mass is 314 g/mol. The molecule has 0 spiro atoms. The van der Waals surface area contributed by atoms with Gasteiger partial charge in [0.25, 0.3) is 5.69 Å². The third-order valence-electron chi connectivity index (χ3n) is 3.34. The number of aliphatic hydroxyl groups is 1. The molecule has 1 aromatic rings. The van der Waals surface area contributed by atoms with Gasteiger partial charge < -0.3 is 5.11 Å². The number of rotatable bonds is 4. The number of halogens is 1. The maximum Gasteiger partial charge on any atom is 0.283 e. The maximum atomic E-state index is 10.9. The molecule has 0 aromatic heterocycles. The molecule has 1 fully saturated rings. The van der Waals surface area contributed by atoms with Crippen LogP contribution in [0.5, 0.6) is 0 Å². The van der Waals surface area contributed by atoms with Crippen molar-refractivity contribution in [1.82, 2.24) is 4.90 Å². The smallest absolute Gasteiger partial charge is 0.283 e. The van der Waals surface area contributed by atoms with Gasteiger partial charge in [-0.1, -0.05) is 12.1 Å². The van der Waals surface area contributed by atoms with E-state index in [1.807, 2.05) is 6.07 Å². The molecule has 1 saturated heterocycles. The Kier molecular flexibility index (Phi) is 4.31. The van der Waals surface area contributed by atoms with Crippen LogP contribution in [-0.4, -0.2) is 34.1 Å². The van der Waals surface area contributed by atoms with Crippen LogP contribution < -0.4 is 0 Å². The molecule has 5 nitrogen and oxygen atoms in total. The van der Waals surface area contributed by atoms with E-state index in [0.29, 0.717) is 11.0 Å². The third-order valence-corrected chi connectivity index (χ3v) is 4.25. The van der Waals surface area contributed by atoms with Crippen molar-refractivity contribution in [3.05, 3.63) is 38.3 Å². The summed E-state index contributed by atoms with van der Waals surface area (Å²) in [6, 6.07) is 5.24. The summed E-state index contributed by atoms with van der Waals surface area (Å²) < 4.78 is 0.540. The second-order valence-corrected chi connectivity index (χ2v) is 5.25.